The maximum atomic E-state index is 13.0. The molecule has 4 fully saturated rings. The molecule has 2 aliphatic heterocycles. The molecule has 10 rings (SSSR count). The molecule has 0 aromatic carbocycles. The SMILES string of the molecule is CC(C)(C)OC(=O)N[C@@H]1C[C@H](O[Si](C)(C)C(C)(C)C)C[C@@H]2CN(c3nn4c(I)cnc4s3)C[C@@H]21.COc1nc(C(C)C)ccc1-c1cnc2sc(N3C[C@H]4C[C@@H](O[Si](C)(C)C(C)(C)C)C[C@@H](NC(=O)OC(C)(C)C)[C@H]4C3)nn12.COc1nc(C(C)C)ccc1B(O)O. The van der Waals surface area contributed by atoms with Gasteiger partial charge in [0.2, 0.25) is 31.9 Å². The molecular weight excluding hydrogens is 1350 g/mol. The molecule has 2 saturated heterocycles. The number of anilines is 2. The number of carbonyl (C=O) groups excluding carboxylic acids is 2. The molecule has 4 aliphatic rings. The number of hydrogen-bond acceptors (Lipinski definition) is 20. The Hall–Kier alpha value is -4.69. The Labute approximate surface area is 569 Å². The van der Waals surface area contributed by atoms with Crippen molar-refractivity contribution in [3.8, 4) is 23.0 Å². The van der Waals surface area contributed by atoms with Gasteiger partial charge in [-0.25, -0.2) is 34.0 Å². The van der Waals surface area contributed by atoms with E-state index in [1.165, 1.54) is 7.11 Å². The van der Waals surface area contributed by atoms with E-state index in [4.69, 9.17) is 58.0 Å². The van der Waals surface area contributed by atoms with Crippen LogP contribution in [-0.4, -0.2) is 161 Å². The molecule has 0 spiro atoms. The Morgan fingerprint density at radius 3 is 1.46 bits per heavy atom. The minimum Gasteiger partial charge on any atom is -0.481 e. The topological polar surface area (TPSA) is 247 Å². The Balaban J connectivity index is 0.000000200. The van der Waals surface area contributed by atoms with Gasteiger partial charge in [0.1, 0.15) is 14.9 Å². The van der Waals surface area contributed by atoms with Gasteiger partial charge in [0.15, 0.2) is 16.6 Å². The Bertz CT molecular complexity index is 3500. The lowest BCUT2D eigenvalue weighted by Gasteiger charge is -2.44. The number of pyridine rings is 2. The van der Waals surface area contributed by atoms with Crippen molar-refractivity contribution in [3.63, 3.8) is 0 Å². The smallest absolute Gasteiger partial charge is 0.481 e. The third-order valence-corrected chi connectivity index (χ3v) is 30.5. The van der Waals surface area contributed by atoms with E-state index in [1.807, 2.05) is 88.9 Å². The predicted octanol–water partition coefficient (Wildman–Crippen LogP) is 12.5. The molecular formula is C64H102BIN12O10S2Si2. The number of hydrogen-bond donors (Lipinski definition) is 4. The molecule has 508 valence electrons. The van der Waals surface area contributed by atoms with Crippen molar-refractivity contribution in [3.05, 3.63) is 51.7 Å². The van der Waals surface area contributed by atoms with E-state index in [-0.39, 0.29) is 69.7 Å². The van der Waals surface area contributed by atoms with Gasteiger partial charge in [-0.2, -0.15) is 4.52 Å². The first-order chi connectivity index (χ1) is 42.6. The van der Waals surface area contributed by atoms with E-state index < -0.39 is 35.0 Å². The number of halogens is 1. The first-order valence-corrected chi connectivity index (χ1v) is 40.8. The van der Waals surface area contributed by atoms with Gasteiger partial charge in [-0.3, -0.25) is 0 Å². The predicted molar refractivity (Wildman–Crippen MR) is 380 cm³/mol. The summed E-state index contributed by atoms with van der Waals surface area (Å²) in [6.07, 6.45) is 6.79. The van der Waals surface area contributed by atoms with E-state index in [0.717, 1.165) is 98.4 Å². The largest absolute Gasteiger partial charge is 0.494 e. The monoisotopic (exact) mass is 1460 g/mol. The third-order valence-electron chi connectivity index (χ3n) is 18.7. The molecule has 28 heteroatoms. The van der Waals surface area contributed by atoms with Gasteiger partial charge >= 0.3 is 19.3 Å². The van der Waals surface area contributed by atoms with Crippen molar-refractivity contribution in [1.82, 2.24) is 49.8 Å². The number of nitrogens with zero attached hydrogens (tertiary/aromatic N) is 10. The molecule has 0 unspecified atom stereocenters. The van der Waals surface area contributed by atoms with E-state index in [0.29, 0.717) is 29.6 Å². The van der Waals surface area contributed by atoms with Gasteiger partial charge in [0.25, 0.3) is 0 Å². The highest BCUT2D eigenvalue weighted by atomic mass is 127. The lowest BCUT2D eigenvalue weighted by molar-refractivity contribution is 0.0337. The van der Waals surface area contributed by atoms with Crippen LogP contribution in [0.25, 0.3) is 21.2 Å². The van der Waals surface area contributed by atoms with Gasteiger partial charge in [-0.1, -0.05) is 98.0 Å². The highest BCUT2D eigenvalue weighted by Crippen LogP contribution is 2.47. The molecule has 8 heterocycles. The average Bonchev–Trinajstić information content (AvgIpc) is 1.60. The molecule has 0 radical (unpaired) electrons. The Morgan fingerprint density at radius 2 is 1.04 bits per heavy atom. The summed E-state index contributed by atoms with van der Waals surface area (Å²) in [5.74, 6) is 2.82. The molecule has 6 aromatic heterocycles. The van der Waals surface area contributed by atoms with Crippen LogP contribution in [0.4, 0.5) is 19.9 Å². The van der Waals surface area contributed by atoms with Crippen LogP contribution in [-0.2, 0) is 18.3 Å². The fourth-order valence-electron chi connectivity index (χ4n) is 12.0. The summed E-state index contributed by atoms with van der Waals surface area (Å²) in [5.41, 5.74) is 2.77. The second-order valence-electron chi connectivity index (χ2n) is 30.8. The van der Waals surface area contributed by atoms with E-state index in [9.17, 15) is 9.59 Å². The Kier molecular flexibility index (Phi) is 22.7. The minimum absolute atomic E-state index is 0.0116. The normalized spacial score (nSPS) is 22.2. The average molecular weight is 1460 g/mol. The van der Waals surface area contributed by atoms with Gasteiger partial charge in [-0.15, -0.1) is 10.2 Å². The summed E-state index contributed by atoms with van der Waals surface area (Å²) in [6.45, 7) is 46.0. The zero-order valence-electron chi connectivity index (χ0n) is 58.3. The Morgan fingerprint density at radius 1 is 0.620 bits per heavy atom. The van der Waals surface area contributed by atoms with E-state index >= 15 is 0 Å². The number of fused-ring (bicyclic) bond motifs is 4. The maximum Gasteiger partial charge on any atom is 0.494 e. The van der Waals surface area contributed by atoms with E-state index in [1.54, 1.807) is 41.9 Å². The van der Waals surface area contributed by atoms with Crippen LogP contribution in [0.3, 0.4) is 0 Å². The zero-order valence-corrected chi connectivity index (χ0v) is 64.1. The van der Waals surface area contributed by atoms with Crippen molar-refractivity contribution in [2.45, 2.75) is 220 Å². The summed E-state index contributed by atoms with van der Waals surface area (Å²) in [6, 6.07) is 7.44. The highest BCUT2D eigenvalue weighted by Gasteiger charge is 2.50. The first-order valence-electron chi connectivity index (χ1n) is 32.3. The van der Waals surface area contributed by atoms with Gasteiger partial charge in [0.05, 0.1) is 37.9 Å². The molecule has 22 nitrogen and oxygen atoms in total. The third kappa shape index (κ3) is 17.7. The first kappa shape index (κ1) is 73.1. The van der Waals surface area contributed by atoms with Gasteiger partial charge < -0.3 is 58.3 Å². The number of carbonyl (C=O) groups is 2. The number of ether oxygens (including phenoxy) is 4. The van der Waals surface area contributed by atoms with Crippen LogP contribution in [0.1, 0.15) is 160 Å². The van der Waals surface area contributed by atoms with Crippen molar-refractivity contribution in [2.24, 2.45) is 23.7 Å². The van der Waals surface area contributed by atoms with Crippen molar-refractivity contribution >= 4 is 107 Å². The molecule has 2 saturated carbocycles. The summed E-state index contributed by atoms with van der Waals surface area (Å²) in [7, 11) is -2.35. The highest BCUT2D eigenvalue weighted by molar-refractivity contribution is 14.1. The summed E-state index contributed by atoms with van der Waals surface area (Å²) >= 11 is 5.47. The van der Waals surface area contributed by atoms with Gasteiger partial charge in [-0.05, 0) is 168 Å². The number of imidazole rings is 2. The lowest BCUT2D eigenvalue weighted by Crippen LogP contribution is -2.53. The van der Waals surface area contributed by atoms with Crippen molar-refractivity contribution < 1.29 is 47.4 Å². The summed E-state index contributed by atoms with van der Waals surface area (Å²) in [5, 5.41) is 36.5. The lowest BCUT2D eigenvalue weighted by atomic mass is 9.76. The molecule has 6 aromatic rings. The van der Waals surface area contributed by atoms with Crippen LogP contribution < -0.4 is 35.4 Å². The molecule has 8 atom stereocenters. The van der Waals surface area contributed by atoms with Crippen LogP contribution in [0.15, 0.2) is 36.7 Å². The van der Waals surface area contributed by atoms with E-state index in [2.05, 4.69) is 135 Å². The fourth-order valence-corrected chi connectivity index (χ4v) is 17.2. The molecule has 2 aliphatic carbocycles. The second-order valence-corrected chi connectivity index (χ2v) is 43.3. The molecule has 2 amide bonds. The van der Waals surface area contributed by atoms with Crippen LogP contribution in [0.5, 0.6) is 11.8 Å². The number of aromatic nitrogens is 8. The van der Waals surface area contributed by atoms with Crippen molar-refractivity contribution in [1.29, 1.82) is 0 Å². The second kappa shape index (κ2) is 28.6. The zero-order chi connectivity index (χ0) is 68.0. The summed E-state index contributed by atoms with van der Waals surface area (Å²) in [4.78, 5) is 50.2. The quantitative estimate of drug-likeness (QED) is 0.0585. The molecule has 4 N–H and O–H groups in total. The van der Waals surface area contributed by atoms with Gasteiger partial charge in [0, 0.05) is 79.2 Å². The number of alkyl carbamates (subject to hydrolysis) is 2. The van der Waals surface area contributed by atoms with Crippen LogP contribution in [0, 0.1) is 27.4 Å². The van der Waals surface area contributed by atoms with Crippen LogP contribution in [0.2, 0.25) is 36.3 Å². The molecule has 92 heavy (non-hydrogen) atoms. The number of amides is 2. The van der Waals surface area contributed by atoms with Crippen molar-refractivity contribution in [2.75, 3.05) is 50.2 Å². The number of nitrogens with one attached hydrogen (secondary N) is 2. The fraction of sp³-hybridized carbons (Fsp3) is 0.688. The minimum atomic E-state index is -1.99. The maximum absolute atomic E-state index is 13.0. The molecule has 0 bridgehead atoms. The number of methoxy groups -OCH3 is 2. The standard InChI is InChI=1S/C32H50N6O4SSi.C23H38IN5O3SSi.C9H14BNO3/c1-19(2)24-13-12-22(27(34-24)40-9)26-16-33-28-38(26)36-29(43-28)37-17-20-14-21(42-44(10,11)32(6,7)8)15-25(23(20)18-37)35-30(39)41-31(3,4)5;1-22(2,3)31-21(30)26-17-10-15(32-34(7,8)23(4,5)6)9-14-12-28(13-16(14)17)20-27-29-18(24)11-25-19(29)33-20;1-6(2)8-5-4-7(10(12)13)9(11-8)14-3/h12-13,16,19-21,23,25H,14-15,17-18H2,1-11H3,(H,35,39);11,14-17H,9-10,12-13H2,1-8H3,(H,26,30);4-6,12-13H,1-3H3/t20-,21-,23+,25-;14-,15-,16+,17-;/m11./s1. The number of rotatable bonds is 14. The summed E-state index contributed by atoms with van der Waals surface area (Å²) < 4.78 is 40.5. The van der Waals surface area contributed by atoms with Crippen LogP contribution >= 0.6 is 45.3 Å².